The molecule has 0 amide bonds. The minimum absolute atomic E-state index is 0.0523. The Morgan fingerprint density at radius 1 is 1.21 bits per heavy atom. The monoisotopic (exact) mass is 341 g/mol. The summed E-state index contributed by atoms with van der Waals surface area (Å²) < 4.78 is 5.17. The molecule has 2 rings (SSSR count). The van der Waals surface area contributed by atoms with Gasteiger partial charge in [0.15, 0.2) is 0 Å². The molecule has 0 radical (unpaired) electrons. The molecule has 0 aliphatic heterocycles. The summed E-state index contributed by atoms with van der Waals surface area (Å²) in [4.78, 5) is 4.12. The molecule has 128 valence electrons. The van der Waals surface area contributed by atoms with Crippen molar-refractivity contribution in [2.75, 3.05) is 7.11 Å². The van der Waals surface area contributed by atoms with Gasteiger partial charge in [-0.25, -0.2) is 4.98 Å². The molecule has 0 saturated heterocycles. The summed E-state index contributed by atoms with van der Waals surface area (Å²) >= 11 is 0. The summed E-state index contributed by atoms with van der Waals surface area (Å²) in [7, 11) is -0.231. The number of benzene rings is 1. The van der Waals surface area contributed by atoms with Crippen molar-refractivity contribution in [1.82, 2.24) is 4.98 Å². The van der Waals surface area contributed by atoms with Gasteiger partial charge in [-0.2, -0.15) is 0 Å². The van der Waals surface area contributed by atoms with Crippen molar-refractivity contribution >= 4 is 13.3 Å². The van der Waals surface area contributed by atoms with Crippen LogP contribution in [0.4, 0.5) is 0 Å². The van der Waals surface area contributed by atoms with Crippen molar-refractivity contribution in [3.63, 3.8) is 0 Å². The van der Waals surface area contributed by atoms with E-state index in [1.807, 2.05) is 18.2 Å². The number of hydrogen-bond acceptors (Lipinski definition) is 3. The molecule has 1 heterocycles. The summed E-state index contributed by atoms with van der Waals surface area (Å²) in [5.41, 5.74) is 1.08. The normalized spacial score (nSPS) is 15.4. The molecule has 3 nitrogen and oxygen atoms in total. The number of aromatic nitrogens is 1. The first kappa shape index (κ1) is 18.4. The van der Waals surface area contributed by atoms with Gasteiger partial charge in [-0.05, 0) is 23.1 Å². The topological polar surface area (TPSA) is 42.4 Å². The third-order valence-corrected chi connectivity index (χ3v) is 9.23. The second-order valence-corrected chi connectivity index (χ2v) is 11.5. The number of methoxy groups -OCH3 is 1. The average molecular weight is 342 g/mol. The highest BCUT2D eigenvalue weighted by molar-refractivity contribution is 6.91. The van der Waals surface area contributed by atoms with Crippen LogP contribution in [-0.4, -0.2) is 25.3 Å². The van der Waals surface area contributed by atoms with Crippen LogP contribution < -0.4 is 9.92 Å². The van der Waals surface area contributed by atoms with E-state index in [0.717, 1.165) is 5.56 Å². The van der Waals surface area contributed by atoms with Gasteiger partial charge in [-0.1, -0.05) is 61.6 Å². The maximum absolute atomic E-state index is 10.9. The Kier molecular flexibility index (Phi) is 5.97. The van der Waals surface area contributed by atoms with Gasteiger partial charge < -0.3 is 9.84 Å². The van der Waals surface area contributed by atoms with Gasteiger partial charge >= 0.3 is 0 Å². The Bertz CT molecular complexity index is 672. The zero-order chi connectivity index (χ0) is 17.7. The van der Waals surface area contributed by atoms with Crippen molar-refractivity contribution in [3.8, 4) is 5.88 Å². The van der Waals surface area contributed by atoms with E-state index in [1.165, 1.54) is 5.19 Å². The van der Waals surface area contributed by atoms with Crippen LogP contribution in [0.5, 0.6) is 5.88 Å². The quantitative estimate of drug-likeness (QED) is 0.613. The predicted molar refractivity (Wildman–Crippen MR) is 102 cm³/mol. The number of nitrogens with zero attached hydrogens (tertiary/aromatic N) is 1. The van der Waals surface area contributed by atoms with Crippen molar-refractivity contribution < 1.29 is 9.84 Å². The van der Waals surface area contributed by atoms with E-state index in [2.05, 4.69) is 55.8 Å². The first-order chi connectivity index (χ1) is 11.4. The molecule has 24 heavy (non-hydrogen) atoms. The Hall–Kier alpha value is -1.91. The van der Waals surface area contributed by atoms with Crippen LogP contribution in [0, 0.1) is 5.92 Å². The molecule has 3 atom stereocenters. The maximum Gasteiger partial charge on any atom is 0.213 e. The fourth-order valence-electron chi connectivity index (χ4n) is 3.45. The molecule has 2 aromatic rings. The SMILES string of the molecule is C=CC(C(C)C(O)c1ccnc(OC)c1)[Si](C)(C)c1ccccc1. The molecule has 3 unspecified atom stereocenters. The molecule has 1 aromatic carbocycles. The van der Waals surface area contributed by atoms with Gasteiger partial charge in [0.25, 0.3) is 0 Å². The molecule has 4 heteroatoms. The summed E-state index contributed by atoms with van der Waals surface area (Å²) in [6.45, 7) is 10.8. The summed E-state index contributed by atoms with van der Waals surface area (Å²) in [5.74, 6) is 0.574. The highest BCUT2D eigenvalue weighted by atomic mass is 28.3. The zero-order valence-electron chi connectivity index (χ0n) is 14.9. The lowest BCUT2D eigenvalue weighted by Crippen LogP contribution is -2.48. The third kappa shape index (κ3) is 3.76. The van der Waals surface area contributed by atoms with Crippen LogP contribution in [-0.2, 0) is 0 Å². The van der Waals surface area contributed by atoms with Crippen LogP contribution in [0.3, 0.4) is 0 Å². The second-order valence-electron chi connectivity index (χ2n) is 6.78. The van der Waals surface area contributed by atoms with Gasteiger partial charge in [0, 0.05) is 12.3 Å². The van der Waals surface area contributed by atoms with E-state index in [9.17, 15) is 5.11 Å². The van der Waals surface area contributed by atoms with E-state index in [0.29, 0.717) is 5.88 Å². The van der Waals surface area contributed by atoms with Gasteiger partial charge in [-0.3, -0.25) is 0 Å². The van der Waals surface area contributed by atoms with E-state index in [1.54, 1.807) is 19.4 Å². The van der Waals surface area contributed by atoms with Crippen LogP contribution >= 0.6 is 0 Å². The molecule has 1 N–H and O–H groups in total. The molecule has 0 spiro atoms. The number of rotatable bonds is 7. The largest absolute Gasteiger partial charge is 0.481 e. The third-order valence-electron chi connectivity index (χ3n) is 4.98. The van der Waals surface area contributed by atoms with E-state index < -0.39 is 14.2 Å². The molecule has 0 aliphatic carbocycles. The summed E-state index contributed by atoms with van der Waals surface area (Å²) in [6, 6.07) is 14.2. The number of hydrogen-bond donors (Lipinski definition) is 1. The number of aliphatic hydroxyl groups excluding tert-OH is 1. The fourth-order valence-corrected chi connectivity index (χ4v) is 6.97. The Labute approximate surface area is 146 Å². The molecule has 0 fully saturated rings. The second kappa shape index (κ2) is 7.77. The molecular weight excluding hydrogens is 314 g/mol. The Morgan fingerprint density at radius 2 is 1.88 bits per heavy atom. The molecule has 1 aromatic heterocycles. The number of ether oxygens (including phenoxy) is 1. The highest BCUT2D eigenvalue weighted by Crippen LogP contribution is 2.38. The number of pyridine rings is 1. The van der Waals surface area contributed by atoms with Gasteiger partial charge in [0.2, 0.25) is 5.88 Å². The fraction of sp³-hybridized carbons (Fsp3) is 0.350. The van der Waals surface area contributed by atoms with Crippen LogP contribution in [0.2, 0.25) is 18.6 Å². The molecule has 0 aliphatic rings. The minimum atomic E-state index is -1.81. The van der Waals surface area contributed by atoms with Crippen molar-refractivity contribution in [2.24, 2.45) is 5.92 Å². The van der Waals surface area contributed by atoms with Crippen LogP contribution in [0.15, 0.2) is 61.3 Å². The Balaban J connectivity index is 2.30. The van der Waals surface area contributed by atoms with Crippen LogP contribution in [0.1, 0.15) is 18.6 Å². The Morgan fingerprint density at radius 3 is 2.46 bits per heavy atom. The van der Waals surface area contributed by atoms with E-state index in [-0.39, 0.29) is 11.5 Å². The molecule has 0 saturated carbocycles. The summed E-state index contributed by atoms with van der Waals surface area (Å²) in [6.07, 6.45) is 3.11. The first-order valence-corrected chi connectivity index (χ1v) is 11.4. The first-order valence-electron chi connectivity index (χ1n) is 8.28. The van der Waals surface area contributed by atoms with Crippen molar-refractivity contribution in [2.45, 2.75) is 31.7 Å². The van der Waals surface area contributed by atoms with Crippen LogP contribution in [0.25, 0.3) is 0 Å². The van der Waals surface area contributed by atoms with E-state index in [4.69, 9.17) is 4.74 Å². The standard InChI is InChI=1S/C20H27NO2Si/c1-6-18(24(4,5)17-10-8-7-9-11-17)15(2)20(22)16-12-13-21-19(14-16)23-3/h6-15,18,20,22H,1H2,2-5H3. The number of aliphatic hydroxyl groups is 1. The van der Waals surface area contributed by atoms with Crippen molar-refractivity contribution in [1.29, 1.82) is 0 Å². The highest BCUT2D eigenvalue weighted by Gasteiger charge is 2.38. The molecular formula is C20H27NO2Si. The number of allylic oxidation sites excluding steroid dienone is 1. The average Bonchev–Trinajstić information content (AvgIpc) is 2.62. The summed E-state index contributed by atoms with van der Waals surface area (Å²) in [5, 5.41) is 12.3. The maximum atomic E-state index is 10.9. The van der Waals surface area contributed by atoms with Gasteiger partial charge in [0.05, 0.1) is 21.3 Å². The minimum Gasteiger partial charge on any atom is -0.481 e. The lowest BCUT2D eigenvalue weighted by atomic mass is 9.94. The predicted octanol–water partition coefficient (Wildman–Crippen LogP) is 3.93. The van der Waals surface area contributed by atoms with Gasteiger partial charge in [0.1, 0.15) is 0 Å². The van der Waals surface area contributed by atoms with Gasteiger partial charge in [-0.15, -0.1) is 6.58 Å². The smallest absolute Gasteiger partial charge is 0.213 e. The van der Waals surface area contributed by atoms with E-state index >= 15 is 0 Å². The molecule has 0 bridgehead atoms. The van der Waals surface area contributed by atoms with Crippen molar-refractivity contribution in [3.05, 3.63) is 66.9 Å². The lowest BCUT2D eigenvalue weighted by molar-refractivity contribution is 0.118. The lowest BCUT2D eigenvalue weighted by Gasteiger charge is -2.37. The zero-order valence-corrected chi connectivity index (χ0v) is 15.9.